The van der Waals surface area contributed by atoms with Crippen molar-refractivity contribution in [2.24, 2.45) is 5.92 Å². The van der Waals surface area contributed by atoms with Crippen LogP contribution in [0.2, 0.25) is 10.3 Å². The van der Waals surface area contributed by atoms with E-state index in [1.165, 1.54) is 19.3 Å². The van der Waals surface area contributed by atoms with Gasteiger partial charge in [-0.25, -0.2) is 4.98 Å². The van der Waals surface area contributed by atoms with E-state index in [9.17, 15) is 0 Å². The van der Waals surface area contributed by atoms with E-state index in [0.717, 1.165) is 12.5 Å². The van der Waals surface area contributed by atoms with E-state index in [1.54, 1.807) is 6.33 Å². The first-order valence-electron chi connectivity index (χ1n) is 4.13. The quantitative estimate of drug-likeness (QED) is 0.725. The number of rotatable bonds is 2. The maximum absolute atomic E-state index is 5.90. The monoisotopic (exact) mass is 204 g/mol. The van der Waals surface area contributed by atoms with Gasteiger partial charge in [-0.2, -0.15) is 0 Å². The Hall–Kier alpha value is -0.210. The molecule has 12 heavy (non-hydrogen) atoms. The van der Waals surface area contributed by atoms with E-state index < -0.39 is 0 Å². The molecule has 2 rings (SSSR count). The molecule has 1 saturated carbocycles. The van der Waals surface area contributed by atoms with Crippen molar-refractivity contribution in [2.45, 2.75) is 25.8 Å². The Morgan fingerprint density at radius 2 is 2.25 bits per heavy atom. The molecule has 1 aromatic rings. The second kappa shape index (κ2) is 3.27. The lowest BCUT2D eigenvalue weighted by Gasteiger charge is -2.25. The van der Waals surface area contributed by atoms with E-state index in [2.05, 4.69) is 4.98 Å². The summed E-state index contributed by atoms with van der Waals surface area (Å²) in [5.41, 5.74) is 0. The van der Waals surface area contributed by atoms with Crippen LogP contribution < -0.4 is 0 Å². The SMILES string of the molecule is Clc1ncn(CC2CCC2)c1Cl. The van der Waals surface area contributed by atoms with Gasteiger partial charge in [0.1, 0.15) is 5.15 Å². The molecule has 0 atom stereocenters. The third-order valence-corrected chi connectivity index (χ3v) is 3.18. The molecule has 0 aromatic carbocycles. The van der Waals surface area contributed by atoms with Gasteiger partial charge < -0.3 is 4.57 Å². The van der Waals surface area contributed by atoms with Crippen molar-refractivity contribution in [2.75, 3.05) is 0 Å². The van der Waals surface area contributed by atoms with Crippen LogP contribution in [-0.4, -0.2) is 9.55 Å². The number of halogens is 2. The standard InChI is InChI=1S/C8H10Cl2N2/c9-7-8(10)12(5-11-7)4-6-2-1-3-6/h5-6H,1-4H2. The van der Waals surface area contributed by atoms with Crippen molar-refractivity contribution in [3.8, 4) is 0 Å². The molecular formula is C8H10Cl2N2. The summed E-state index contributed by atoms with van der Waals surface area (Å²) in [4.78, 5) is 3.92. The molecule has 1 aromatic heterocycles. The van der Waals surface area contributed by atoms with Crippen LogP contribution in [0.3, 0.4) is 0 Å². The molecular weight excluding hydrogens is 195 g/mol. The first kappa shape index (κ1) is 8.39. The van der Waals surface area contributed by atoms with Crippen LogP contribution in [0.4, 0.5) is 0 Å². The van der Waals surface area contributed by atoms with Crippen molar-refractivity contribution in [3.05, 3.63) is 16.6 Å². The molecule has 1 aliphatic carbocycles. The van der Waals surface area contributed by atoms with Crippen molar-refractivity contribution < 1.29 is 0 Å². The Morgan fingerprint density at radius 1 is 1.50 bits per heavy atom. The fourth-order valence-corrected chi connectivity index (χ4v) is 1.74. The van der Waals surface area contributed by atoms with E-state index >= 15 is 0 Å². The van der Waals surface area contributed by atoms with Crippen LogP contribution in [0.5, 0.6) is 0 Å². The Bertz CT molecular complexity index is 279. The molecule has 0 N–H and O–H groups in total. The van der Waals surface area contributed by atoms with Crippen molar-refractivity contribution >= 4 is 23.2 Å². The van der Waals surface area contributed by atoms with Crippen LogP contribution in [-0.2, 0) is 6.54 Å². The topological polar surface area (TPSA) is 17.8 Å². The molecule has 2 nitrogen and oxygen atoms in total. The highest BCUT2D eigenvalue weighted by Crippen LogP contribution is 2.30. The molecule has 0 unspecified atom stereocenters. The highest BCUT2D eigenvalue weighted by atomic mass is 35.5. The maximum Gasteiger partial charge on any atom is 0.166 e. The molecule has 0 aliphatic heterocycles. The van der Waals surface area contributed by atoms with E-state index in [1.807, 2.05) is 4.57 Å². The summed E-state index contributed by atoms with van der Waals surface area (Å²) in [6.45, 7) is 0.971. The highest BCUT2D eigenvalue weighted by molar-refractivity contribution is 6.40. The lowest BCUT2D eigenvalue weighted by molar-refractivity contribution is 0.276. The van der Waals surface area contributed by atoms with Gasteiger partial charge in [-0.15, -0.1) is 0 Å². The van der Waals surface area contributed by atoms with Crippen molar-refractivity contribution in [1.82, 2.24) is 9.55 Å². The van der Waals surface area contributed by atoms with Crippen LogP contribution in [0.15, 0.2) is 6.33 Å². The first-order chi connectivity index (χ1) is 5.77. The highest BCUT2D eigenvalue weighted by Gasteiger charge is 2.19. The zero-order valence-electron chi connectivity index (χ0n) is 6.63. The Kier molecular flexibility index (Phi) is 2.28. The summed E-state index contributed by atoms with van der Waals surface area (Å²) in [6.07, 6.45) is 5.69. The molecule has 4 heteroatoms. The van der Waals surface area contributed by atoms with Gasteiger partial charge in [0.25, 0.3) is 0 Å². The summed E-state index contributed by atoms with van der Waals surface area (Å²) in [6, 6.07) is 0. The number of hydrogen-bond acceptors (Lipinski definition) is 1. The normalized spacial score (nSPS) is 17.8. The second-order valence-corrected chi connectivity index (χ2v) is 3.99. The minimum atomic E-state index is 0.413. The first-order valence-corrected chi connectivity index (χ1v) is 4.89. The Balaban J connectivity index is 2.06. The van der Waals surface area contributed by atoms with E-state index in [0.29, 0.717) is 10.3 Å². The number of hydrogen-bond donors (Lipinski definition) is 0. The summed E-state index contributed by atoms with van der Waals surface area (Å²) in [7, 11) is 0. The zero-order valence-corrected chi connectivity index (χ0v) is 8.15. The van der Waals surface area contributed by atoms with Gasteiger partial charge in [-0.05, 0) is 18.8 Å². The molecule has 0 spiro atoms. The lowest BCUT2D eigenvalue weighted by atomic mass is 9.85. The summed E-state index contributed by atoms with van der Waals surface area (Å²) in [5, 5.41) is 0.986. The largest absolute Gasteiger partial charge is 0.320 e. The number of imidazole rings is 1. The molecule has 0 saturated heterocycles. The van der Waals surface area contributed by atoms with Crippen LogP contribution in [0, 0.1) is 5.92 Å². The van der Waals surface area contributed by atoms with Gasteiger partial charge in [0.15, 0.2) is 5.15 Å². The molecule has 1 aliphatic rings. The molecule has 0 bridgehead atoms. The molecule has 1 heterocycles. The van der Waals surface area contributed by atoms with Crippen molar-refractivity contribution in [1.29, 1.82) is 0 Å². The third-order valence-electron chi connectivity index (χ3n) is 2.41. The Labute approximate surface area is 81.5 Å². The van der Waals surface area contributed by atoms with Gasteiger partial charge >= 0.3 is 0 Å². The minimum absolute atomic E-state index is 0.413. The van der Waals surface area contributed by atoms with Crippen LogP contribution in [0.25, 0.3) is 0 Å². The molecule has 0 amide bonds. The summed E-state index contributed by atoms with van der Waals surface area (Å²) < 4.78 is 1.92. The molecule has 66 valence electrons. The van der Waals surface area contributed by atoms with Gasteiger partial charge in [0.2, 0.25) is 0 Å². The number of nitrogens with zero attached hydrogens (tertiary/aromatic N) is 2. The van der Waals surface area contributed by atoms with Gasteiger partial charge in [0, 0.05) is 6.54 Å². The number of aromatic nitrogens is 2. The van der Waals surface area contributed by atoms with Gasteiger partial charge in [0.05, 0.1) is 6.33 Å². The maximum atomic E-state index is 5.90. The fourth-order valence-electron chi connectivity index (χ4n) is 1.42. The molecule has 0 radical (unpaired) electrons. The van der Waals surface area contributed by atoms with E-state index in [-0.39, 0.29) is 0 Å². The van der Waals surface area contributed by atoms with Crippen LogP contribution >= 0.6 is 23.2 Å². The van der Waals surface area contributed by atoms with Crippen LogP contribution in [0.1, 0.15) is 19.3 Å². The zero-order chi connectivity index (χ0) is 8.55. The second-order valence-electron chi connectivity index (χ2n) is 3.28. The summed E-state index contributed by atoms with van der Waals surface area (Å²) >= 11 is 11.6. The predicted octanol–water partition coefficient (Wildman–Crippen LogP) is 2.99. The summed E-state index contributed by atoms with van der Waals surface area (Å²) in [5.74, 6) is 0.785. The van der Waals surface area contributed by atoms with E-state index in [4.69, 9.17) is 23.2 Å². The smallest absolute Gasteiger partial charge is 0.166 e. The predicted molar refractivity (Wildman–Crippen MR) is 49.6 cm³/mol. The average Bonchev–Trinajstić information content (AvgIpc) is 2.27. The Morgan fingerprint density at radius 3 is 2.67 bits per heavy atom. The fraction of sp³-hybridized carbons (Fsp3) is 0.625. The average molecular weight is 205 g/mol. The molecule has 1 fully saturated rings. The van der Waals surface area contributed by atoms with Gasteiger partial charge in [-0.3, -0.25) is 0 Å². The van der Waals surface area contributed by atoms with Crippen molar-refractivity contribution in [3.63, 3.8) is 0 Å². The van der Waals surface area contributed by atoms with Gasteiger partial charge in [-0.1, -0.05) is 29.6 Å². The lowest BCUT2D eigenvalue weighted by Crippen LogP contribution is -2.17. The third kappa shape index (κ3) is 1.46. The minimum Gasteiger partial charge on any atom is -0.320 e.